The van der Waals surface area contributed by atoms with Crippen LogP contribution in [0, 0.1) is 0 Å². The van der Waals surface area contributed by atoms with Crippen molar-refractivity contribution in [2.24, 2.45) is 0 Å². The zero-order valence-corrected chi connectivity index (χ0v) is 14.7. The van der Waals surface area contributed by atoms with E-state index in [1.54, 1.807) is 0 Å². The van der Waals surface area contributed by atoms with Crippen molar-refractivity contribution in [2.45, 2.75) is 56.8 Å². The highest BCUT2D eigenvalue weighted by molar-refractivity contribution is 9.10. The molecular formula is C18H26BrNO2. The van der Waals surface area contributed by atoms with Crippen LogP contribution in [0.25, 0.3) is 0 Å². The van der Waals surface area contributed by atoms with E-state index in [0.29, 0.717) is 12.1 Å². The van der Waals surface area contributed by atoms with Crippen LogP contribution in [-0.2, 0) is 11.2 Å². The first-order valence-electron chi connectivity index (χ1n) is 8.51. The molecule has 1 aromatic carbocycles. The summed E-state index contributed by atoms with van der Waals surface area (Å²) in [6.45, 7) is 2.63. The normalized spacial score (nSPS) is 29.8. The summed E-state index contributed by atoms with van der Waals surface area (Å²) in [6.07, 6.45) is 7.01. The van der Waals surface area contributed by atoms with E-state index in [-0.39, 0.29) is 6.10 Å². The molecule has 2 fully saturated rings. The monoisotopic (exact) mass is 367 g/mol. The summed E-state index contributed by atoms with van der Waals surface area (Å²) in [4.78, 5) is 2.45. The lowest BCUT2D eigenvalue weighted by molar-refractivity contribution is -0.0316. The summed E-state index contributed by atoms with van der Waals surface area (Å²) in [5.41, 5.74) is 1.31. The fraction of sp³-hybridized carbons (Fsp3) is 0.667. The number of benzene rings is 1. The van der Waals surface area contributed by atoms with Gasteiger partial charge in [-0.3, -0.25) is 4.90 Å². The quantitative estimate of drug-likeness (QED) is 0.865. The number of aliphatic hydroxyl groups excluding tert-OH is 1. The fourth-order valence-corrected chi connectivity index (χ4v) is 4.26. The molecule has 1 unspecified atom stereocenters. The maximum atomic E-state index is 9.78. The summed E-state index contributed by atoms with van der Waals surface area (Å²) in [6, 6.07) is 8.87. The maximum Gasteiger partial charge on any atom is 0.0730 e. The van der Waals surface area contributed by atoms with Gasteiger partial charge in [-0.25, -0.2) is 0 Å². The smallest absolute Gasteiger partial charge is 0.0730 e. The highest BCUT2D eigenvalue weighted by Gasteiger charge is 2.34. The number of hydrogen-bond acceptors (Lipinski definition) is 3. The summed E-state index contributed by atoms with van der Waals surface area (Å²) < 4.78 is 7.43. The van der Waals surface area contributed by atoms with Crippen LogP contribution in [0.1, 0.15) is 37.7 Å². The zero-order valence-electron chi connectivity index (χ0n) is 13.1. The molecule has 3 nitrogen and oxygen atoms in total. The maximum absolute atomic E-state index is 9.78. The van der Waals surface area contributed by atoms with Crippen molar-refractivity contribution in [3.05, 3.63) is 34.3 Å². The number of halogens is 1. The molecule has 0 bridgehead atoms. The second-order valence-electron chi connectivity index (χ2n) is 6.54. The van der Waals surface area contributed by atoms with Crippen molar-refractivity contribution >= 4 is 15.9 Å². The Hall–Kier alpha value is -0.420. The standard InChI is InChI=1S/C18H26BrNO2/c19-16-6-2-1-5-14(16)10-12-22-18-8-4-3-7-17(18)20-11-9-15(21)13-20/h1-2,5-6,15,17-18,21H,3-4,7-13H2/t15?,17-,18-/m1/s1. The molecule has 1 aliphatic carbocycles. The lowest BCUT2D eigenvalue weighted by Crippen LogP contribution is -2.46. The molecule has 1 aromatic rings. The Morgan fingerprint density at radius 2 is 2.00 bits per heavy atom. The molecule has 0 radical (unpaired) electrons. The van der Waals surface area contributed by atoms with E-state index in [0.717, 1.165) is 39.0 Å². The van der Waals surface area contributed by atoms with E-state index in [9.17, 15) is 5.11 Å². The fourth-order valence-electron chi connectivity index (χ4n) is 3.78. The van der Waals surface area contributed by atoms with Crippen LogP contribution in [0.2, 0.25) is 0 Å². The number of rotatable bonds is 5. The second kappa shape index (κ2) is 7.91. The van der Waals surface area contributed by atoms with Crippen molar-refractivity contribution in [3.8, 4) is 0 Å². The average molecular weight is 368 g/mol. The van der Waals surface area contributed by atoms with Gasteiger partial charge in [0.1, 0.15) is 0 Å². The first-order valence-corrected chi connectivity index (χ1v) is 9.30. The van der Waals surface area contributed by atoms with Crippen molar-refractivity contribution < 1.29 is 9.84 Å². The van der Waals surface area contributed by atoms with Gasteiger partial charge in [-0.05, 0) is 37.3 Å². The molecule has 1 aliphatic heterocycles. The SMILES string of the molecule is OC1CCN([C@@H]2CCCC[C@H]2OCCc2ccccc2Br)C1. The minimum Gasteiger partial charge on any atom is -0.392 e. The third kappa shape index (κ3) is 4.10. The van der Waals surface area contributed by atoms with Gasteiger partial charge in [-0.1, -0.05) is 47.0 Å². The van der Waals surface area contributed by atoms with Crippen LogP contribution in [0.5, 0.6) is 0 Å². The van der Waals surface area contributed by atoms with Gasteiger partial charge in [0.05, 0.1) is 18.8 Å². The molecule has 0 spiro atoms. The molecule has 22 heavy (non-hydrogen) atoms. The van der Waals surface area contributed by atoms with Crippen molar-refractivity contribution in [1.82, 2.24) is 4.90 Å². The number of β-amino-alcohol motifs (C(OH)–C–C–N with tert-alkyl or cyclic N) is 1. The van der Waals surface area contributed by atoms with Crippen LogP contribution in [0.4, 0.5) is 0 Å². The third-order valence-corrected chi connectivity index (χ3v) is 5.77. The van der Waals surface area contributed by atoms with Gasteiger partial charge >= 0.3 is 0 Å². The Morgan fingerprint density at radius 3 is 2.77 bits per heavy atom. The lowest BCUT2D eigenvalue weighted by atomic mass is 9.91. The summed E-state index contributed by atoms with van der Waals surface area (Å²) >= 11 is 3.60. The molecule has 3 atom stereocenters. The van der Waals surface area contributed by atoms with Crippen LogP contribution >= 0.6 is 15.9 Å². The number of hydrogen-bond donors (Lipinski definition) is 1. The number of aliphatic hydroxyl groups is 1. The number of ether oxygens (including phenoxy) is 1. The molecule has 1 N–H and O–H groups in total. The molecule has 1 saturated heterocycles. The first-order chi connectivity index (χ1) is 10.7. The van der Waals surface area contributed by atoms with Crippen molar-refractivity contribution in [1.29, 1.82) is 0 Å². The molecular weight excluding hydrogens is 342 g/mol. The third-order valence-electron chi connectivity index (χ3n) is 4.99. The summed E-state index contributed by atoms with van der Waals surface area (Å²) in [5.74, 6) is 0. The van der Waals surface area contributed by atoms with Gasteiger partial charge in [0.2, 0.25) is 0 Å². The molecule has 2 aliphatic rings. The Bertz CT molecular complexity index is 482. The predicted molar refractivity (Wildman–Crippen MR) is 92.0 cm³/mol. The highest BCUT2D eigenvalue weighted by Crippen LogP contribution is 2.28. The number of likely N-dealkylation sites (tertiary alicyclic amines) is 1. The Morgan fingerprint density at radius 1 is 1.18 bits per heavy atom. The zero-order chi connectivity index (χ0) is 15.4. The Labute approximate surface area is 141 Å². The van der Waals surface area contributed by atoms with Crippen molar-refractivity contribution in [2.75, 3.05) is 19.7 Å². The van der Waals surface area contributed by atoms with Crippen LogP contribution in [0.15, 0.2) is 28.7 Å². The van der Waals surface area contributed by atoms with Gasteiger partial charge in [-0.15, -0.1) is 0 Å². The molecule has 0 amide bonds. The minimum atomic E-state index is -0.136. The Kier molecular flexibility index (Phi) is 5.91. The summed E-state index contributed by atoms with van der Waals surface area (Å²) in [5, 5.41) is 9.78. The minimum absolute atomic E-state index is 0.136. The van der Waals surface area contributed by atoms with E-state index in [1.807, 2.05) is 6.07 Å². The van der Waals surface area contributed by atoms with E-state index in [1.165, 1.54) is 29.3 Å². The lowest BCUT2D eigenvalue weighted by Gasteiger charge is -2.37. The van der Waals surface area contributed by atoms with Gasteiger partial charge in [0.25, 0.3) is 0 Å². The highest BCUT2D eigenvalue weighted by atomic mass is 79.9. The van der Waals surface area contributed by atoms with Gasteiger partial charge < -0.3 is 9.84 Å². The molecule has 122 valence electrons. The van der Waals surface area contributed by atoms with E-state index in [2.05, 4.69) is 39.0 Å². The largest absolute Gasteiger partial charge is 0.392 e. The average Bonchev–Trinajstić information content (AvgIpc) is 2.96. The van der Waals surface area contributed by atoms with Gasteiger partial charge in [0.15, 0.2) is 0 Å². The molecule has 4 heteroatoms. The second-order valence-corrected chi connectivity index (χ2v) is 7.39. The molecule has 3 rings (SSSR count). The van der Waals surface area contributed by atoms with Gasteiger partial charge in [0, 0.05) is 23.6 Å². The summed E-state index contributed by atoms with van der Waals surface area (Å²) in [7, 11) is 0. The van der Waals surface area contributed by atoms with E-state index < -0.39 is 0 Å². The van der Waals surface area contributed by atoms with E-state index in [4.69, 9.17) is 4.74 Å². The Balaban J connectivity index is 1.52. The molecule has 1 heterocycles. The first kappa shape index (κ1) is 16.4. The topological polar surface area (TPSA) is 32.7 Å². The molecule has 0 aromatic heterocycles. The van der Waals surface area contributed by atoms with Crippen LogP contribution in [-0.4, -0.2) is 48.0 Å². The van der Waals surface area contributed by atoms with Crippen LogP contribution < -0.4 is 0 Å². The predicted octanol–water partition coefficient (Wildman–Crippen LogP) is 3.39. The van der Waals surface area contributed by atoms with Gasteiger partial charge in [-0.2, -0.15) is 0 Å². The number of nitrogens with zero attached hydrogens (tertiary/aromatic N) is 1. The van der Waals surface area contributed by atoms with E-state index >= 15 is 0 Å². The van der Waals surface area contributed by atoms with Crippen LogP contribution in [0.3, 0.4) is 0 Å². The van der Waals surface area contributed by atoms with Crippen molar-refractivity contribution in [3.63, 3.8) is 0 Å². The molecule has 1 saturated carbocycles.